The molecule has 0 saturated heterocycles. The fraction of sp³-hybridized carbons (Fsp3) is 0.132. The number of nitrogens with zero attached hydrogens (tertiary/aromatic N) is 1. The topological polar surface area (TPSA) is 16.4 Å². The number of hydrogen-bond donors (Lipinski definition) is 0. The number of anilines is 3. The predicted molar refractivity (Wildman–Crippen MR) is 228 cm³/mol. The lowest BCUT2D eigenvalue weighted by Crippen LogP contribution is -2.31. The van der Waals surface area contributed by atoms with Gasteiger partial charge in [-0.1, -0.05) is 134 Å². The number of rotatable bonds is 5. The highest BCUT2D eigenvalue weighted by atomic mass is 16.3. The molecule has 55 heavy (non-hydrogen) atoms. The van der Waals surface area contributed by atoms with Crippen molar-refractivity contribution >= 4 is 49.8 Å². The molecule has 12 rings (SSSR count). The van der Waals surface area contributed by atoms with Crippen molar-refractivity contribution in [2.24, 2.45) is 11.8 Å². The fourth-order valence-electron chi connectivity index (χ4n) is 11.0. The van der Waals surface area contributed by atoms with E-state index >= 15 is 0 Å². The Morgan fingerprint density at radius 2 is 1.18 bits per heavy atom. The zero-order valence-corrected chi connectivity index (χ0v) is 30.6. The highest BCUT2D eigenvalue weighted by Crippen LogP contribution is 2.66. The summed E-state index contributed by atoms with van der Waals surface area (Å²) in [7, 11) is 0. The van der Waals surface area contributed by atoms with Gasteiger partial charge in [0.05, 0.1) is 0 Å². The van der Waals surface area contributed by atoms with Crippen LogP contribution in [-0.2, 0) is 5.41 Å². The maximum atomic E-state index is 6.48. The first-order valence-electron chi connectivity index (χ1n) is 19.9. The molecule has 9 aromatic rings. The average molecular weight is 706 g/mol. The Labute approximate surface area is 321 Å². The SMILES string of the molecule is c1ccc(-c2ccc(N(c3cc(-c4cccc5c4-c4ccccc4C54CC5CCC4C5)c4ccccc4c3)c3ccc4c(c3)oc3ccccc34)cc2)cc1. The van der Waals surface area contributed by atoms with Crippen molar-refractivity contribution in [3.05, 3.63) is 187 Å². The predicted octanol–water partition coefficient (Wildman–Crippen LogP) is 14.6. The second kappa shape index (κ2) is 11.8. The Morgan fingerprint density at radius 1 is 0.473 bits per heavy atom. The Morgan fingerprint density at radius 3 is 2.04 bits per heavy atom. The molecular formula is C53H39NO. The molecule has 0 aliphatic heterocycles. The van der Waals surface area contributed by atoms with Crippen molar-refractivity contribution in [3.63, 3.8) is 0 Å². The van der Waals surface area contributed by atoms with Crippen molar-refractivity contribution in [2.75, 3.05) is 4.90 Å². The molecule has 8 aromatic carbocycles. The standard InChI is InChI=1S/C53H39NO/c1-2-11-35(12-3-1)36-22-25-39(26-23-36)54(40-27-28-44-43-15-7-9-20-50(43)55-51(44)32-40)41-30-37-13-4-5-14-42(37)47(31-41)45-17-10-19-49-52(45)46-16-6-8-18-48(46)53(49)33-34-21-24-38(53)29-34/h1-20,22-23,25-28,30-32,34,38H,21,24,29,33H2. The normalized spacial score (nSPS) is 19.4. The highest BCUT2D eigenvalue weighted by Gasteiger charge is 2.57. The third-order valence-corrected chi connectivity index (χ3v) is 13.3. The summed E-state index contributed by atoms with van der Waals surface area (Å²) >= 11 is 0. The van der Waals surface area contributed by atoms with Crippen LogP contribution in [0.15, 0.2) is 180 Å². The summed E-state index contributed by atoms with van der Waals surface area (Å²) in [6, 6.07) is 65.0. The minimum atomic E-state index is 0.132. The van der Waals surface area contributed by atoms with Gasteiger partial charge in [0, 0.05) is 39.3 Å². The minimum Gasteiger partial charge on any atom is -0.456 e. The van der Waals surface area contributed by atoms with Crippen LogP contribution in [-0.4, -0.2) is 0 Å². The number of benzene rings is 8. The third kappa shape index (κ3) is 4.55. The zero-order chi connectivity index (χ0) is 36.1. The second-order valence-electron chi connectivity index (χ2n) is 16.1. The Balaban J connectivity index is 1.09. The maximum Gasteiger partial charge on any atom is 0.137 e. The van der Waals surface area contributed by atoms with Gasteiger partial charge in [0.1, 0.15) is 11.2 Å². The van der Waals surface area contributed by atoms with Crippen LogP contribution >= 0.6 is 0 Å². The van der Waals surface area contributed by atoms with Crippen LogP contribution in [0, 0.1) is 11.8 Å². The van der Waals surface area contributed by atoms with Gasteiger partial charge < -0.3 is 9.32 Å². The van der Waals surface area contributed by atoms with Crippen LogP contribution in [0.25, 0.3) is 66.1 Å². The van der Waals surface area contributed by atoms with Gasteiger partial charge in [0.25, 0.3) is 0 Å². The first kappa shape index (κ1) is 31.0. The molecule has 2 saturated carbocycles. The molecule has 3 aliphatic carbocycles. The van der Waals surface area contributed by atoms with Crippen molar-refractivity contribution in [1.82, 2.24) is 0 Å². The number of furan rings is 1. The van der Waals surface area contributed by atoms with E-state index in [0.29, 0.717) is 0 Å². The Hall–Kier alpha value is -6.38. The van der Waals surface area contributed by atoms with Gasteiger partial charge >= 0.3 is 0 Å². The summed E-state index contributed by atoms with van der Waals surface area (Å²) in [6.45, 7) is 0. The molecule has 1 spiro atoms. The lowest BCUT2D eigenvalue weighted by molar-refractivity contribution is 0.327. The Kier molecular flexibility index (Phi) is 6.66. The van der Waals surface area contributed by atoms with Gasteiger partial charge in [-0.25, -0.2) is 0 Å². The van der Waals surface area contributed by atoms with E-state index in [1.165, 1.54) is 69.8 Å². The van der Waals surface area contributed by atoms with Gasteiger partial charge in [-0.3, -0.25) is 0 Å². The van der Waals surface area contributed by atoms with E-state index in [1.54, 1.807) is 11.1 Å². The molecule has 0 N–H and O–H groups in total. The van der Waals surface area contributed by atoms with E-state index < -0.39 is 0 Å². The van der Waals surface area contributed by atoms with Crippen LogP contribution in [0.3, 0.4) is 0 Å². The van der Waals surface area contributed by atoms with Crippen LogP contribution in [0.2, 0.25) is 0 Å². The molecule has 2 bridgehead atoms. The van der Waals surface area contributed by atoms with E-state index in [1.807, 2.05) is 6.07 Å². The molecule has 3 atom stereocenters. The lowest BCUT2D eigenvalue weighted by Gasteiger charge is -2.36. The van der Waals surface area contributed by atoms with Crippen LogP contribution < -0.4 is 4.90 Å². The highest BCUT2D eigenvalue weighted by molar-refractivity contribution is 6.08. The number of hydrogen-bond acceptors (Lipinski definition) is 2. The quantitative estimate of drug-likeness (QED) is 0.177. The summed E-state index contributed by atoms with van der Waals surface area (Å²) in [5.74, 6) is 1.56. The molecule has 2 heteroatoms. The van der Waals surface area contributed by atoms with Gasteiger partial charge in [0.2, 0.25) is 0 Å². The molecule has 2 nitrogen and oxygen atoms in total. The first-order valence-corrected chi connectivity index (χ1v) is 19.9. The van der Waals surface area contributed by atoms with Gasteiger partial charge in [-0.05, 0) is 129 Å². The molecule has 1 aromatic heterocycles. The second-order valence-corrected chi connectivity index (χ2v) is 16.1. The monoisotopic (exact) mass is 705 g/mol. The molecule has 1 heterocycles. The smallest absolute Gasteiger partial charge is 0.137 e. The molecule has 3 aliphatic rings. The largest absolute Gasteiger partial charge is 0.456 e. The summed E-state index contributed by atoms with van der Waals surface area (Å²) < 4.78 is 6.48. The molecule has 2 fully saturated rings. The number of fused-ring (bicyclic) bond motifs is 12. The van der Waals surface area contributed by atoms with Crippen molar-refractivity contribution in [3.8, 4) is 33.4 Å². The summed E-state index contributed by atoms with van der Waals surface area (Å²) in [5.41, 5.74) is 16.2. The maximum absolute atomic E-state index is 6.48. The van der Waals surface area contributed by atoms with E-state index in [9.17, 15) is 0 Å². The average Bonchev–Trinajstić information content (AvgIpc) is 4.03. The van der Waals surface area contributed by atoms with Crippen LogP contribution in [0.4, 0.5) is 17.1 Å². The van der Waals surface area contributed by atoms with E-state index in [2.05, 4.69) is 175 Å². The minimum absolute atomic E-state index is 0.132. The van der Waals surface area contributed by atoms with Crippen LogP contribution in [0.1, 0.15) is 36.8 Å². The van der Waals surface area contributed by atoms with Crippen molar-refractivity contribution in [2.45, 2.75) is 31.1 Å². The van der Waals surface area contributed by atoms with Crippen molar-refractivity contribution < 1.29 is 4.42 Å². The summed E-state index contributed by atoms with van der Waals surface area (Å²) in [4.78, 5) is 2.41. The molecule has 0 radical (unpaired) electrons. The fourth-order valence-corrected chi connectivity index (χ4v) is 11.0. The van der Waals surface area contributed by atoms with E-state index in [0.717, 1.165) is 50.8 Å². The van der Waals surface area contributed by atoms with Gasteiger partial charge in [-0.15, -0.1) is 0 Å². The van der Waals surface area contributed by atoms with Gasteiger partial charge in [0.15, 0.2) is 0 Å². The van der Waals surface area contributed by atoms with Crippen LogP contribution in [0.5, 0.6) is 0 Å². The van der Waals surface area contributed by atoms with E-state index in [4.69, 9.17) is 4.42 Å². The molecule has 262 valence electrons. The van der Waals surface area contributed by atoms with E-state index in [-0.39, 0.29) is 5.41 Å². The number of para-hydroxylation sites is 1. The lowest BCUT2D eigenvalue weighted by atomic mass is 9.66. The third-order valence-electron chi connectivity index (χ3n) is 13.3. The molecular weight excluding hydrogens is 667 g/mol. The summed E-state index contributed by atoms with van der Waals surface area (Å²) in [5, 5.41) is 4.77. The molecule has 0 amide bonds. The van der Waals surface area contributed by atoms with Gasteiger partial charge in [-0.2, -0.15) is 0 Å². The van der Waals surface area contributed by atoms with Crippen molar-refractivity contribution in [1.29, 1.82) is 0 Å². The summed E-state index contributed by atoms with van der Waals surface area (Å²) in [6.07, 6.45) is 5.37. The Bertz CT molecular complexity index is 2960. The zero-order valence-electron chi connectivity index (χ0n) is 30.6. The first-order chi connectivity index (χ1) is 27.2. The molecule has 3 unspecified atom stereocenters.